The molecule has 0 aliphatic carbocycles. The fourth-order valence-electron chi connectivity index (χ4n) is 3.94. The van der Waals surface area contributed by atoms with Crippen molar-refractivity contribution < 1.29 is 19.1 Å². The van der Waals surface area contributed by atoms with Gasteiger partial charge >= 0.3 is 6.03 Å². The molecule has 0 saturated carbocycles. The highest BCUT2D eigenvalue weighted by atomic mass is 16.5. The van der Waals surface area contributed by atoms with Crippen LogP contribution in [0, 0.1) is 0 Å². The summed E-state index contributed by atoms with van der Waals surface area (Å²) in [7, 11) is 3.26. The van der Waals surface area contributed by atoms with Crippen molar-refractivity contribution >= 4 is 17.6 Å². The molecule has 0 aromatic heterocycles. The van der Waals surface area contributed by atoms with Gasteiger partial charge in [0.2, 0.25) is 0 Å². The number of nitrogens with zero attached hydrogens (tertiary/aromatic N) is 1. The van der Waals surface area contributed by atoms with Crippen molar-refractivity contribution in [2.75, 3.05) is 26.1 Å². The Morgan fingerprint density at radius 3 is 2.47 bits per heavy atom. The van der Waals surface area contributed by atoms with Crippen molar-refractivity contribution in [2.45, 2.75) is 38.1 Å². The summed E-state index contributed by atoms with van der Waals surface area (Å²) in [5.74, 6) is 1.46. The van der Waals surface area contributed by atoms with Crippen LogP contribution in [0.15, 0.2) is 42.5 Å². The first kappa shape index (κ1) is 21.5. The third-order valence-corrected chi connectivity index (χ3v) is 5.50. The summed E-state index contributed by atoms with van der Waals surface area (Å²) >= 11 is 0. The van der Waals surface area contributed by atoms with Gasteiger partial charge in [-0.15, -0.1) is 0 Å². The Balaban J connectivity index is 1.67. The summed E-state index contributed by atoms with van der Waals surface area (Å²) in [6.45, 7) is 0.761. The minimum atomic E-state index is -0.625. The lowest BCUT2D eigenvalue weighted by Crippen LogP contribution is -2.44. The van der Waals surface area contributed by atoms with Gasteiger partial charge in [-0.3, -0.25) is 4.79 Å². The lowest BCUT2D eigenvalue weighted by atomic mass is 9.95. The number of hydrogen-bond donors (Lipinski definition) is 2. The third kappa shape index (κ3) is 5.23. The van der Waals surface area contributed by atoms with Crippen LogP contribution in [0.4, 0.5) is 10.5 Å². The molecule has 0 radical (unpaired) electrons. The lowest BCUT2D eigenvalue weighted by Gasteiger charge is -2.36. The Hall–Kier alpha value is -3.22. The fraction of sp³-hybridized carbons (Fsp3) is 0.391. The summed E-state index contributed by atoms with van der Waals surface area (Å²) < 4.78 is 10.7. The Kier molecular flexibility index (Phi) is 7.17. The zero-order valence-corrected chi connectivity index (χ0v) is 17.5. The average molecular weight is 412 g/mol. The van der Waals surface area contributed by atoms with E-state index in [1.54, 1.807) is 38.5 Å². The van der Waals surface area contributed by atoms with E-state index >= 15 is 0 Å². The van der Waals surface area contributed by atoms with Gasteiger partial charge in [0.15, 0.2) is 11.5 Å². The minimum Gasteiger partial charge on any atom is -0.493 e. The van der Waals surface area contributed by atoms with Crippen molar-refractivity contribution in [3.63, 3.8) is 0 Å². The molecule has 0 spiro atoms. The molecule has 160 valence electrons. The summed E-state index contributed by atoms with van der Waals surface area (Å²) in [5.41, 5.74) is 7.48. The van der Waals surface area contributed by atoms with Crippen molar-refractivity contribution in [3.05, 3.63) is 53.6 Å². The van der Waals surface area contributed by atoms with Crippen LogP contribution in [0.2, 0.25) is 0 Å². The van der Waals surface area contributed by atoms with Gasteiger partial charge in [0.1, 0.15) is 0 Å². The number of nitrogens with one attached hydrogen (secondary N) is 1. The number of amides is 3. The standard InChI is InChI=1S/C23H29N3O4/c1-29-20-13-7-16(15-21(20)30-2)6-12-19-5-3-4-14-26(19)22(27)17-8-10-18(11-9-17)25-23(24)28/h7-11,13,15,19H,3-6,12,14H2,1-2H3,(H3,24,25,28). The van der Waals surface area contributed by atoms with E-state index in [0.717, 1.165) is 50.0 Å². The smallest absolute Gasteiger partial charge is 0.316 e. The molecule has 1 atom stereocenters. The monoisotopic (exact) mass is 411 g/mol. The molecule has 3 amide bonds. The van der Waals surface area contributed by atoms with E-state index in [4.69, 9.17) is 15.2 Å². The number of primary amides is 1. The number of piperidine rings is 1. The van der Waals surface area contributed by atoms with Crippen LogP contribution < -0.4 is 20.5 Å². The predicted octanol–water partition coefficient (Wildman–Crippen LogP) is 3.82. The molecule has 3 rings (SSSR count). The molecule has 2 aromatic carbocycles. The first-order valence-corrected chi connectivity index (χ1v) is 10.2. The summed E-state index contributed by atoms with van der Waals surface area (Å²) in [5, 5.41) is 2.51. The predicted molar refractivity (Wildman–Crippen MR) is 116 cm³/mol. The second-order valence-corrected chi connectivity index (χ2v) is 7.44. The Labute approximate surface area is 177 Å². The zero-order valence-electron chi connectivity index (χ0n) is 17.5. The number of carbonyl (C=O) groups excluding carboxylic acids is 2. The van der Waals surface area contributed by atoms with Crippen LogP contribution in [-0.4, -0.2) is 43.6 Å². The fourth-order valence-corrected chi connectivity index (χ4v) is 3.94. The number of rotatable bonds is 7. The van der Waals surface area contributed by atoms with E-state index in [1.807, 2.05) is 23.1 Å². The topological polar surface area (TPSA) is 93.9 Å². The van der Waals surface area contributed by atoms with Crippen molar-refractivity contribution in [2.24, 2.45) is 5.73 Å². The lowest BCUT2D eigenvalue weighted by molar-refractivity contribution is 0.0602. The number of nitrogens with two attached hydrogens (primary N) is 1. The van der Waals surface area contributed by atoms with Crippen LogP contribution in [0.5, 0.6) is 11.5 Å². The summed E-state index contributed by atoms with van der Waals surface area (Å²) in [6, 6.07) is 12.4. The van der Waals surface area contributed by atoms with Gasteiger partial charge in [0.05, 0.1) is 14.2 Å². The summed E-state index contributed by atoms with van der Waals surface area (Å²) in [4.78, 5) is 26.1. The molecule has 1 aliphatic heterocycles. The largest absolute Gasteiger partial charge is 0.493 e. The van der Waals surface area contributed by atoms with Gasteiger partial charge < -0.3 is 25.4 Å². The molecular formula is C23H29N3O4. The van der Waals surface area contributed by atoms with E-state index in [9.17, 15) is 9.59 Å². The molecule has 1 heterocycles. The SMILES string of the molecule is COc1ccc(CCC2CCCCN2C(=O)c2ccc(NC(N)=O)cc2)cc1OC. The number of likely N-dealkylation sites (tertiary alicyclic amines) is 1. The number of aryl methyl sites for hydroxylation is 1. The molecular weight excluding hydrogens is 382 g/mol. The molecule has 3 N–H and O–H groups in total. The van der Waals surface area contributed by atoms with Gasteiger partial charge in [-0.05, 0) is 74.1 Å². The maximum atomic E-state index is 13.1. The number of benzene rings is 2. The number of methoxy groups -OCH3 is 2. The number of hydrogen-bond acceptors (Lipinski definition) is 4. The molecule has 1 unspecified atom stereocenters. The highest BCUT2D eigenvalue weighted by molar-refractivity contribution is 5.95. The molecule has 0 bridgehead atoms. The van der Waals surface area contributed by atoms with Gasteiger partial charge in [0.25, 0.3) is 5.91 Å². The van der Waals surface area contributed by atoms with E-state index in [0.29, 0.717) is 17.0 Å². The highest BCUT2D eigenvalue weighted by Gasteiger charge is 2.27. The van der Waals surface area contributed by atoms with E-state index in [-0.39, 0.29) is 11.9 Å². The molecule has 7 heteroatoms. The van der Waals surface area contributed by atoms with Gasteiger partial charge in [-0.2, -0.15) is 0 Å². The Morgan fingerprint density at radius 1 is 1.07 bits per heavy atom. The second kappa shape index (κ2) is 10.0. The zero-order chi connectivity index (χ0) is 21.5. The molecule has 1 aliphatic rings. The summed E-state index contributed by atoms with van der Waals surface area (Å²) in [6.07, 6.45) is 4.89. The van der Waals surface area contributed by atoms with Crippen molar-refractivity contribution in [3.8, 4) is 11.5 Å². The number of carbonyl (C=O) groups is 2. The molecule has 30 heavy (non-hydrogen) atoms. The van der Waals surface area contributed by atoms with E-state index in [2.05, 4.69) is 5.32 Å². The van der Waals surface area contributed by atoms with Crippen LogP contribution in [0.3, 0.4) is 0 Å². The highest BCUT2D eigenvalue weighted by Crippen LogP contribution is 2.29. The Morgan fingerprint density at radius 2 is 1.80 bits per heavy atom. The maximum Gasteiger partial charge on any atom is 0.316 e. The third-order valence-electron chi connectivity index (χ3n) is 5.50. The quantitative estimate of drug-likeness (QED) is 0.724. The van der Waals surface area contributed by atoms with Crippen LogP contribution in [-0.2, 0) is 6.42 Å². The Bertz CT molecular complexity index is 883. The molecule has 7 nitrogen and oxygen atoms in total. The molecule has 1 fully saturated rings. The van der Waals surface area contributed by atoms with E-state index < -0.39 is 6.03 Å². The van der Waals surface area contributed by atoms with Crippen LogP contribution >= 0.6 is 0 Å². The van der Waals surface area contributed by atoms with Crippen molar-refractivity contribution in [1.82, 2.24) is 4.90 Å². The van der Waals surface area contributed by atoms with Crippen molar-refractivity contribution in [1.29, 1.82) is 0 Å². The average Bonchev–Trinajstić information content (AvgIpc) is 2.77. The molecule has 1 saturated heterocycles. The second-order valence-electron chi connectivity index (χ2n) is 7.44. The van der Waals surface area contributed by atoms with Gasteiger partial charge in [-0.1, -0.05) is 6.07 Å². The molecule has 2 aromatic rings. The van der Waals surface area contributed by atoms with Crippen LogP contribution in [0.25, 0.3) is 0 Å². The van der Waals surface area contributed by atoms with E-state index in [1.165, 1.54) is 0 Å². The first-order valence-electron chi connectivity index (χ1n) is 10.2. The minimum absolute atomic E-state index is 0.0256. The first-order chi connectivity index (χ1) is 14.5. The van der Waals surface area contributed by atoms with Gasteiger partial charge in [-0.25, -0.2) is 4.79 Å². The number of urea groups is 1. The maximum absolute atomic E-state index is 13.1. The number of ether oxygens (including phenoxy) is 2. The number of anilines is 1. The van der Waals surface area contributed by atoms with Gasteiger partial charge in [0, 0.05) is 23.8 Å². The van der Waals surface area contributed by atoms with Crippen LogP contribution in [0.1, 0.15) is 41.6 Å². The normalized spacial score (nSPS) is 16.1.